The van der Waals surface area contributed by atoms with Gasteiger partial charge in [-0.3, -0.25) is 9.89 Å². The lowest BCUT2D eigenvalue weighted by molar-refractivity contribution is 0.0938. The van der Waals surface area contributed by atoms with E-state index in [-0.39, 0.29) is 5.91 Å². The average molecular weight is 343 g/mol. The molecule has 0 radical (unpaired) electrons. The van der Waals surface area contributed by atoms with Crippen LogP contribution in [0.5, 0.6) is 0 Å². The molecule has 0 bridgehead atoms. The van der Waals surface area contributed by atoms with Gasteiger partial charge < -0.3 is 5.32 Å². The lowest BCUT2D eigenvalue weighted by atomic mass is 10.0. The van der Waals surface area contributed by atoms with E-state index in [1.165, 1.54) is 29.5 Å². The molecule has 2 aliphatic rings. The van der Waals surface area contributed by atoms with E-state index in [4.69, 9.17) is 0 Å². The summed E-state index contributed by atoms with van der Waals surface area (Å²) in [6, 6.07) is 16.6. The number of carbonyl (C=O) groups excluding carboxylic acids is 1. The fourth-order valence-electron chi connectivity index (χ4n) is 4.23. The van der Waals surface area contributed by atoms with E-state index in [2.05, 4.69) is 39.8 Å². The first-order valence-corrected chi connectivity index (χ1v) is 9.36. The molecule has 0 aliphatic heterocycles. The number of carbonyl (C=O) groups is 1. The summed E-state index contributed by atoms with van der Waals surface area (Å²) in [6.07, 6.45) is 5.54. The zero-order valence-electron chi connectivity index (χ0n) is 14.6. The second-order valence-electron chi connectivity index (χ2n) is 7.29. The maximum Gasteiger partial charge on any atom is 0.251 e. The van der Waals surface area contributed by atoms with Crippen LogP contribution in [-0.2, 0) is 6.42 Å². The van der Waals surface area contributed by atoms with Gasteiger partial charge in [-0.25, -0.2) is 0 Å². The maximum absolute atomic E-state index is 12.4. The molecule has 1 aromatic heterocycles. The number of hydrogen-bond acceptors (Lipinski definition) is 2. The first-order chi connectivity index (χ1) is 12.8. The Labute approximate surface area is 152 Å². The molecule has 2 N–H and O–H groups in total. The van der Waals surface area contributed by atoms with Gasteiger partial charge in [0.25, 0.3) is 5.91 Å². The molecule has 2 aromatic carbocycles. The summed E-state index contributed by atoms with van der Waals surface area (Å²) < 4.78 is 0. The predicted octanol–water partition coefficient (Wildman–Crippen LogP) is 4.32. The van der Waals surface area contributed by atoms with Gasteiger partial charge in [0.2, 0.25) is 0 Å². The summed E-state index contributed by atoms with van der Waals surface area (Å²) in [5, 5.41) is 10.9. The van der Waals surface area contributed by atoms with E-state index in [9.17, 15) is 4.79 Å². The van der Waals surface area contributed by atoms with Gasteiger partial charge in [0.15, 0.2) is 0 Å². The molecule has 130 valence electrons. The van der Waals surface area contributed by atoms with Crippen LogP contribution in [0.3, 0.4) is 0 Å². The quantitative estimate of drug-likeness (QED) is 0.582. The predicted molar refractivity (Wildman–Crippen MR) is 102 cm³/mol. The highest BCUT2D eigenvalue weighted by Crippen LogP contribution is 2.39. The van der Waals surface area contributed by atoms with Crippen LogP contribution in [-0.4, -0.2) is 22.1 Å². The second-order valence-corrected chi connectivity index (χ2v) is 7.29. The van der Waals surface area contributed by atoms with Crippen LogP contribution in [0.4, 0.5) is 0 Å². The summed E-state index contributed by atoms with van der Waals surface area (Å²) in [5.41, 5.74) is 7.70. The van der Waals surface area contributed by atoms with Crippen LogP contribution in [0.1, 0.15) is 47.2 Å². The van der Waals surface area contributed by atoms with Crippen molar-refractivity contribution in [3.8, 4) is 22.5 Å². The van der Waals surface area contributed by atoms with Crippen LogP contribution in [0.15, 0.2) is 48.5 Å². The van der Waals surface area contributed by atoms with Crippen LogP contribution in [0.2, 0.25) is 0 Å². The summed E-state index contributed by atoms with van der Waals surface area (Å²) in [7, 11) is 0. The lowest BCUT2D eigenvalue weighted by Gasteiger charge is -2.12. The number of nitrogens with one attached hydrogen (secondary N) is 2. The molecular weight excluding hydrogens is 322 g/mol. The highest BCUT2D eigenvalue weighted by atomic mass is 16.1. The number of nitrogens with zero attached hydrogens (tertiary/aromatic N) is 1. The highest BCUT2D eigenvalue weighted by molar-refractivity contribution is 5.95. The summed E-state index contributed by atoms with van der Waals surface area (Å²) in [6.45, 7) is 0. The first kappa shape index (κ1) is 15.4. The SMILES string of the molecule is O=C(NC1CCCC1)c1ccc(-c2n[nH]c3c2Cc2ccccc2-3)cc1. The first-order valence-electron chi connectivity index (χ1n) is 9.36. The Bertz CT molecular complexity index is 965. The van der Waals surface area contributed by atoms with Crippen LogP contribution >= 0.6 is 0 Å². The summed E-state index contributed by atoms with van der Waals surface area (Å²) in [4.78, 5) is 12.4. The van der Waals surface area contributed by atoms with Gasteiger partial charge >= 0.3 is 0 Å². The minimum atomic E-state index is 0.0307. The van der Waals surface area contributed by atoms with E-state index < -0.39 is 0 Å². The molecule has 0 saturated heterocycles. The number of aromatic nitrogens is 2. The molecule has 0 atom stereocenters. The number of amides is 1. The normalized spacial score (nSPS) is 15.7. The van der Waals surface area contributed by atoms with Gasteiger partial charge in [-0.2, -0.15) is 5.10 Å². The van der Waals surface area contributed by atoms with Crippen molar-refractivity contribution in [1.82, 2.24) is 15.5 Å². The number of rotatable bonds is 3. The minimum Gasteiger partial charge on any atom is -0.349 e. The number of aromatic amines is 1. The third-order valence-corrected chi connectivity index (χ3v) is 5.63. The van der Waals surface area contributed by atoms with Gasteiger partial charge in [-0.1, -0.05) is 49.2 Å². The summed E-state index contributed by atoms with van der Waals surface area (Å²) >= 11 is 0. The highest BCUT2D eigenvalue weighted by Gasteiger charge is 2.24. The Morgan fingerprint density at radius 1 is 1.04 bits per heavy atom. The van der Waals surface area contributed by atoms with Crippen LogP contribution in [0, 0.1) is 0 Å². The Morgan fingerprint density at radius 2 is 1.81 bits per heavy atom. The van der Waals surface area contributed by atoms with E-state index in [1.807, 2.05) is 24.3 Å². The van der Waals surface area contributed by atoms with Crippen molar-refractivity contribution in [2.24, 2.45) is 0 Å². The van der Waals surface area contributed by atoms with Gasteiger partial charge in [-0.15, -0.1) is 0 Å². The zero-order chi connectivity index (χ0) is 17.5. The third kappa shape index (κ3) is 2.53. The average Bonchev–Trinajstić information content (AvgIpc) is 3.38. The molecule has 0 spiro atoms. The monoisotopic (exact) mass is 343 g/mol. The Hall–Kier alpha value is -2.88. The molecule has 1 amide bonds. The Morgan fingerprint density at radius 3 is 2.62 bits per heavy atom. The van der Waals surface area contributed by atoms with E-state index in [0.717, 1.165) is 41.8 Å². The van der Waals surface area contributed by atoms with Crippen LogP contribution in [0.25, 0.3) is 22.5 Å². The molecule has 26 heavy (non-hydrogen) atoms. The third-order valence-electron chi connectivity index (χ3n) is 5.63. The van der Waals surface area contributed by atoms with E-state index in [1.54, 1.807) is 0 Å². The molecule has 3 aromatic rings. The van der Waals surface area contributed by atoms with Gasteiger partial charge in [0.1, 0.15) is 0 Å². The van der Waals surface area contributed by atoms with E-state index in [0.29, 0.717) is 6.04 Å². The molecule has 4 heteroatoms. The van der Waals surface area contributed by atoms with Crippen molar-refractivity contribution in [2.75, 3.05) is 0 Å². The standard InChI is InChI=1S/C22H21N3O/c26-22(23-17-6-2-3-7-17)15-11-9-14(10-12-15)20-19-13-16-5-1-4-8-18(16)21(19)25-24-20/h1,4-5,8-12,17H,2-3,6-7,13H2,(H,23,26)(H,24,25). The number of benzene rings is 2. The molecule has 2 aliphatic carbocycles. The van der Waals surface area contributed by atoms with Crippen molar-refractivity contribution in [3.05, 3.63) is 65.2 Å². The zero-order valence-corrected chi connectivity index (χ0v) is 14.6. The molecule has 5 rings (SSSR count). The van der Waals surface area contributed by atoms with Crippen molar-refractivity contribution < 1.29 is 4.79 Å². The fourth-order valence-corrected chi connectivity index (χ4v) is 4.23. The van der Waals surface area contributed by atoms with Crippen molar-refractivity contribution >= 4 is 5.91 Å². The molecule has 1 fully saturated rings. The van der Waals surface area contributed by atoms with Gasteiger partial charge in [0.05, 0.1) is 11.4 Å². The molecule has 1 heterocycles. The van der Waals surface area contributed by atoms with E-state index >= 15 is 0 Å². The smallest absolute Gasteiger partial charge is 0.251 e. The molecular formula is C22H21N3O. The Kier molecular flexibility index (Phi) is 3.63. The lowest BCUT2D eigenvalue weighted by Crippen LogP contribution is -2.32. The Balaban J connectivity index is 1.39. The van der Waals surface area contributed by atoms with Gasteiger partial charge in [0, 0.05) is 34.7 Å². The number of fused-ring (bicyclic) bond motifs is 3. The van der Waals surface area contributed by atoms with Crippen molar-refractivity contribution in [1.29, 1.82) is 0 Å². The molecule has 1 saturated carbocycles. The number of H-pyrrole nitrogens is 1. The van der Waals surface area contributed by atoms with Crippen molar-refractivity contribution in [2.45, 2.75) is 38.1 Å². The molecule has 0 unspecified atom stereocenters. The summed E-state index contributed by atoms with van der Waals surface area (Å²) in [5.74, 6) is 0.0307. The number of hydrogen-bond donors (Lipinski definition) is 2. The van der Waals surface area contributed by atoms with Gasteiger partial charge in [-0.05, 0) is 30.5 Å². The maximum atomic E-state index is 12.4. The molecule has 4 nitrogen and oxygen atoms in total. The topological polar surface area (TPSA) is 57.8 Å². The largest absolute Gasteiger partial charge is 0.349 e. The second kappa shape index (κ2) is 6.13. The fraction of sp³-hybridized carbons (Fsp3) is 0.273. The van der Waals surface area contributed by atoms with Crippen LogP contribution < -0.4 is 5.32 Å². The minimum absolute atomic E-state index is 0.0307. The van der Waals surface area contributed by atoms with Crippen molar-refractivity contribution in [3.63, 3.8) is 0 Å².